The Labute approximate surface area is 123 Å². The Bertz CT molecular complexity index is 498. The molecular weight excluding hydrogens is 272 g/mol. The number of nitrogens with one attached hydrogen (secondary N) is 2. The van der Waals surface area contributed by atoms with E-state index in [1.807, 2.05) is 12.1 Å². The molecule has 3 N–H and O–H groups in total. The molecule has 6 nitrogen and oxygen atoms in total. The third-order valence-corrected chi connectivity index (χ3v) is 3.41. The molecule has 0 aromatic heterocycles. The fourth-order valence-electron chi connectivity index (χ4n) is 2.32. The summed E-state index contributed by atoms with van der Waals surface area (Å²) in [6.07, 6.45) is 2.07. The molecule has 0 saturated carbocycles. The largest absolute Gasteiger partial charge is 0.481 e. The highest BCUT2D eigenvalue weighted by atomic mass is 16.5. The molecule has 1 heterocycles. The van der Waals surface area contributed by atoms with Gasteiger partial charge >= 0.3 is 12.0 Å². The van der Waals surface area contributed by atoms with Crippen LogP contribution in [0.5, 0.6) is 0 Å². The Balaban J connectivity index is 1.79. The summed E-state index contributed by atoms with van der Waals surface area (Å²) < 4.78 is 5.42. The molecule has 114 valence electrons. The Morgan fingerprint density at radius 1 is 1.24 bits per heavy atom. The Morgan fingerprint density at radius 2 is 2.00 bits per heavy atom. The number of aliphatic carboxylic acids is 1. The lowest BCUT2D eigenvalue weighted by molar-refractivity contribution is -0.136. The molecule has 1 atom stereocenters. The van der Waals surface area contributed by atoms with Crippen molar-refractivity contribution in [3.05, 3.63) is 35.4 Å². The number of urea groups is 1. The fraction of sp³-hybridized carbons (Fsp3) is 0.467. The quantitative estimate of drug-likeness (QED) is 0.737. The van der Waals surface area contributed by atoms with Crippen LogP contribution in [-0.2, 0) is 22.5 Å². The van der Waals surface area contributed by atoms with Crippen LogP contribution in [0.1, 0.15) is 24.0 Å². The lowest BCUT2D eigenvalue weighted by Gasteiger charge is -2.13. The van der Waals surface area contributed by atoms with E-state index >= 15 is 0 Å². The number of ether oxygens (including phenoxy) is 1. The van der Waals surface area contributed by atoms with Crippen LogP contribution in [0, 0.1) is 0 Å². The Morgan fingerprint density at radius 3 is 2.67 bits per heavy atom. The van der Waals surface area contributed by atoms with E-state index in [1.165, 1.54) is 0 Å². The molecule has 0 bridgehead atoms. The lowest BCUT2D eigenvalue weighted by atomic mass is 10.0. The molecule has 0 radical (unpaired) electrons. The monoisotopic (exact) mass is 292 g/mol. The Kier molecular flexibility index (Phi) is 5.57. The van der Waals surface area contributed by atoms with E-state index in [1.54, 1.807) is 12.1 Å². The average Bonchev–Trinajstić information content (AvgIpc) is 2.97. The van der Waals surface area contributed by atoms with Gasteiger partial charge in [-0.05, 0) is 24.0 Å². The SMILES string of the molecule is O=C(O)Cc1ccccc1CNC(=O)NCC1CCCO1. The summed E-state index contributed by atoms with van der Waals surface area (Å²) in [5, 5.41) is 14.4. The number of carbonyl (C=O) groups is 2. The van der Waals surface area contributed by atoms with Crippen LogP contribution >= 0.6 is 0 Å². The zero-order valence-corrected chi connectivity index (χ0v) is 11.8. The van der Waals surface area contributed by atoms with Crippen molar-refractivity contribution in [1.82, 2.24) is 10.6 Å². The van der Waals surface area contributed by atoms with E-state index in [2.05, 4.69) is 10.6 Å². The molecule has 1 fully saturated rings. The van der Waals surface area contributed by atoms with E-state index in [0.717, 1.165) is 25.0 Å². The summed E-state index contributed by atoms with van der Waals surface area (Å²) in [7, 11) is 0. The molecule has 2 amide bonds. The first-order chi connectivity index (χ1) is 10.1. The average molecular weight is 292 g/mol. The van der Waals surface area contributed by atoms with Crippen molar-refractivity contribution in [1.29, 1.82) is 0 Å². The number of carboxylic acid groups (broad SMARTS) is 1. The van der Waals surface area contributed by atoms with Crippen molar-refractivity contribution in [3.8, 4) is 0 Å². The standard InChI is InChI=1S/C15H20N2O4/c18-14(19)8-11-4-1-2-5-12(11)9-16-15(20)17-10-13-6-3-7-21-13/h1-2,4-5,13H,3,6-10H2,(H,18,19)(H2,16,17,20). The molecule has 1 aliphatic heterocycles. The van der Waals surface area contributed by atoms with Gasteiger partial charge < -0.3 is 20.5 Å². The van der Waals surface area contributed by atoms with Crippen LogP contribution in [0.3, 0.4) is 0 Å². The summed E-state index contributed by atoms with van der Waals surface area (Å²) in [6, 6.07) is 6.93. The number of benzene rings is 1. The molecular formula is C15H20N2O4. The summed E-state index contributed by atoms with van der Waals surface area (Å²) >= 11 is 0. The third-order valence-electron chi connectivity index (χ3n) is 3.41. The maximum absolute atomic E-state index is 11.7. The van der Waals surface area contributed by atoms with E-state index in [-0.39, 0.29) is 18.6 Å². The molecule has 1 aromatic carbocycles. The topological polar surface area (TPSA) is 87.7 Å². The molecule has 6 heteroatoms. The van der Waals surface area contributed by atoms with Gasteiger partial charge in [0.2, 0.25) is 0 Å². The zero-order chi connectivity index (χ0) is 15.1. The van der Waals surface area contributed by atoms with Crippen molar-refractivity contribution < 1.29 is 19.4 Å². The van der Waals surface area contributed by atoms with Crippen molar-refractivity contribution in [2.75, 3.05) is 13.2 Å². The number of carboxylic acids is 1. The summed E-state index contributed by atoms with van der Waals surface area (Å²) in [5.74, 6) is -0.884. The van der Waals surface area contributed by atoms with Gasteiger partial charge in [0.25, 0.3) is 0 Å². The van der Waals surface area contributed by atoms with Gasteiger partial charge in [0.1, 0.15) is 0 Å². The van der Waals surface area contributed by atoms with Crippen LogP contribution < -0.4 is 10.6 Å². The number of hydrogen-bond acceptors (Lipinski definition) is 3. The molecule has 1 saturated heterocycles. The van der Waals surface area contributed by atoms with Crippen molar-refractivity contribution in [2.45, 2.75) is 31.9 Å². The molecule has 1 aliphatic rings. The number of rotatable bonds is 6. The first-order valence-electron chi connectivity index (χ1n) is 7.07. The second kappa shape index (κ2) is 7.64. The number of amides is 2. The molecule has 1 aromatic rings. The molecule has 2 rings (SSSR count). The van der Waals surface area contributed by atoms with Gasteiger partial charge in [-0.1, -0.05) is 24.3 Å². The highest BCUT2D eigenvalue weighted by Crippen LogP contribution is 2.11. The van der Waals surface area contributed by atoms with Crippen molar-refractivity contribution in [2.24, 2.45) is 0 Å². The normalized spacial score (nSPS) is 17.4. The first kappa shape index (κ1) is 15.3. The summed E-state index contributed by atoms with van der Waals surface area (Å²) in [4.78, 5) is 22.5. The van der Waals surface area contributed by atoms with Gasteiger partial charge in [0.05, 0.1) is 12.5 Å². The van der Waals surface area contributed by atoms with E-state index in [0.29, 0.717) is 18.7 Å². The van der Waals surface area contributed by atoms with Gasteiger partial charge in [-0.15, -0.1) is 0 Å². The van der Waals surface area contributed by atoms with E-state index < -0.39 is 5.97 Å². The smallest absolute Gasteiger partial charge is 0.315 e. The Hall–Kier alpha value is -2.08. The second-order valence-corrected chi connectivity index (χ2v) is 5.04. The van der Waals surface area contributed by atoms with Crippen LogP contribution in [0.25, 0.3) is 0 Å². The third kappa shape index (κ3) is 5.07. The predicted octanol–water partition coefficient (Wildman–Crippen LogP) is 1.29. The number of carbonyl (C=O) groups excluding carboxylic acids is 1. The van der Waals surface area contributed by atoms with Crippen molar-refractivity contribution >= 4 is 12.0 Å². The minimum absolute atomic E-state index is 0.0462. The molecule has 1 unspecified atom stereocenters. The highest BCUT2D eigenvalue weighted by molar-refractivity contribution is 5.74. The summed E-state index contributed by atoms with van der Waals surface area (Å²) in [5.41, 5.74) is 1.52. The highest BCUT2D eigenvalue weighted by Gasteiger charge is 2.16. The van der Waals surface area contributed by atoms with Crippen molar-refractivity contribution in [3.63, 3.8) is 0 Å². The number of hydrogen-bond donors (Lipinski definition) is 3. The molecule has 0 aliphatic carbocycles. The van der Waals surface area contributed by atoms with Crippen LogP contribution in [0.4, 0.5) is 4.79 Å². The van der Waals surface area contributed by atoms with Crippen LogP contribution in [0.2, 0.25) is 0 Å². The molecule has 0 spiro atoms. The van der Waals surface area contributed by atoms with Gasteiger partial charge in [-0.25, -0.2) is 4.79 Å². The maximum Gasteiger partial charge on any atom is 0.315 e. The van der Waals surface area contributed by atoms with Gasteiger partial charge in [0.15, 0.2) is 0 Å². The zero-order valence-electron chi connectivity index (χ0n) is 11.8. The maximum atomic E-state index is 11.7. The summed E-state index contributed by atoms with van der Waals surface area (Å²) in [6.45, 7) is 1.57. The second-order valence-electron chi connectivity index (χ2n) is 5.04. The minimum Gasteiger partial charge on any atom is -0.481 e. The predicted molar refractivity (Wildman–Crippen MR) is 77.0 cm³/mol. The van der Waals surface area contributed by atoms with Gasteiger partial charge in [-0.2, -0.15) is 0 Å². The van der Waals surface area contributed by atoms with Gasteiger partial charge in [-0.3, -0.25) is 4.79 Å². The fourth-order valence-corrected chi connectivity index (χ4v) is 2.32. The first-order valence-corrected chi connectivity index (χ1v) is 7.07. The van der Waals surface area contributed by atoms with E-state index in [9.17, 15) is 9.59 Å². The van der Waals surface area contributed by atoms with Crippen LogP contribution in [0.15, 0.2) is 24.3 Å². The van der Waals surface area contributed by atoms with Crippen LogP contribution in [-0.4, -0.2) is 36.4 Å². The van der Waals surface area contributed by atoms with Gasteiger partial charge in [0, 0.05) is 19.7 Å². The minimum atomic E-state index is -0.884. The molecule has 21 heavy (non-hydrogen) atoms. The van der Waals surface area contributed by atoms with E-state index in [4.69, 9.17) is 9.84 Å². The lowest BCUT2D eigenvalue weighted by Crippen LogP contribution is -2.39.